The molecule has 1 heterocycles. The van der Waals surface area contributed by atoms with Crippen LogP contribution in [-0.4, -0.2) is 44.4 Å². The summed E-state index contributed by atoms with van der Waals surface area (Å²) in [5.74, 6) is 0.469. The smallest absolute Gasteiger partial charge is 0.255 e. The van der Waals surface area contributed by atoms with Crippen molar-refractivity contribution in [2.24, 2.45) is 0 Å². The average molecular weight is 459 g/mol. The van der Waals surface area contributed by atoms with E-state index in [0.29, 0.717) is 31.1 Å². The predicted molar refractivity (Wildman–Crippen MR) is 135 cm³/mol. The molecular formula is C29H34N2O3. The summed E-state index contributed by atoms with van der Waals surface area (Å²) in [4.78, 5) is 13.3. The number of rotatable bonds is 4. The van der Waals surface area contributed by atoms with Crippen LogP contribution < -0.4 is 15.4 Å². The lowest BCUT2D eigenvalue weighted by Gasteiger charge is -2.21. The predicted octanol–water partition coefficient (Wildman–Crippen LogP) is 4.42. The van der Waals surface area contributed by atoms with Crippen LogP contribution in [-0.2, 0) is 17.6 Å². The molecule has 0 saturated heterocycles. The number of amides is 1. The molecule has 0 fully saturated rings. The van der Waals surface area contributed by atoms with Crippen molar-refractivity contribution >= 4 is 5.91 Å². The van der Waals surface area contributed by atoms with Crippen molar-refractivity contribution in [3.8, 4) is 5.75 Å². The van der Waals surface area contributed by atoms with Crippen LogP contribution in [0.15, 0.2) is 84.9 Å². The molecule has 1 amide bonds. The summed E-state index contributed by atoms with van der Waals surface area (Å²) in [6.07, 6.45) is 3.58. The van der Waals surface area contributed by atoms with Crippen LogP contribution in [0.25, 0.3) is 0 Å². The van der Waals surface area contributed by atoms with Gasteiger partial charge in [-0.05, 0) is 55.5 Å². The van der Waals surface area contributed by atoms with Gasteiger partial charge in [-0.1, -0.05) is 72.8 Å². The van der Waals surface area contributed by atoms with E-state index < -0.39 is 0 Å². The molecule has 0 radical (unpaired) electrons. The fourth-order valence-corrected chi connectivity index (χ4v) is 4.23. The van der Waals surface area contributed by atoms with E-state index in [0.717, 1.165) is 32.2 Å². The van der Waals surface area contributed by atoms with Crippen molar-refractivity contribution in [1.29, 1.82) is 0 Å². The van der Waals surface area contributed by atoms with Gasteiger partial charge in [-0.2, -0.15) is 0 Å². The fourth-order valence-electron chi connectivity index (χ4n) is 4.23. The zero-order valence-corrected chi connectivity index (χ0v) is 19.6. The maximum Gasteiger partial charge on any atom is 0.255 e. The highest BCUT2D eigenvalue weighted by Crippen LogP contribution is 2.19. The lowest BCUT2D eigenvalue weighted by Crippen LogP contribution is -2.40. The van der Waals surface area contributed by atoms with Gasteiger partial charge in [0.05, 0.1) is 18.2 Å². The van der Waals surface area contributed by atoms with Crippen LogP contribution in [0, 0.1) is 0 Å². The molecule has 0 aliphatic carbocycles. The fraction of sp³-hybridized carbons (Fsp3) is 0.345. The molecule has 0 unspecified atom stereocenters. The third-order valence-corrected chi connectivity index (χ3v) is 6.02. The van der Waals surface area contributed by atoms with Crippen LogP contribution in [0.1, 0.15) is 34.3 Å². The zero-order chi connectivity index (χ0) is 23.4. The highest BCUT2D eigenvalue weighted by molar-refractivity contribution is 5.97. The first kappa shape index (κ1) is 24.0. The minimum atomic E-state index is -0.137. The maximum atomic E-state index is 13.3. The van der Waals surface area contributed by atoms with Gasteiger partial charge in [-0.3, -0.25) is 4.79 Å². The molecule has 1 aliphatic rings. The summed E-state index contributed by atoms with van der Waals surface area (Å²) in [6, 6.07) is 28.1. The number of carbonyl (C=O) groups is 1. The molecule has 0 spiro atoms. The van der Waals surface area contributed by atoms with Gasteiger partial charge in [0.15, 0.2) is 0 Å². The Balaban J connectivity index is 1.49. The molecule has 5 nitrogen and oxygen atoms in total. The Kier molecular flexibility index (Phi) is 9.12. The van der Waals surface area contributed by atoms with Crippen LogP contribution in [0.5, 0.6) is 5.75 Å². The van der Waals surface area contributed by atoms with Crippen molar-refractivity contribution in [3.05, 3.63) is 102 Å². The first-order valence-corrected chi connectivity index (χ1v) is 12.2. The van der Waals surface area contributed by atoms with E-state index in [9.17, 15) is 4.79 Å². The van der Waals surface area contributed by atoms with Crippen LogP contribution in [0.4, 0.5) is 0 Å². The molecule has 0 aromatic heterocycles. The van der Waals surface area contributed by atoms with E-state index in [2.05, 4.69) is 47.0 Å². The molecule has 2 atom stereocenters. The SMILES string of the molecule is O=C1N[C@@H](Cc2ccccc2)COCCCCN[C@@H](Cc2ccccc2)COc2ccccc21. The van der Waals surface area contributed by atoms with E-state index in [-0.39, 0.29) is 18.0 Å². The monoisotopic (exact) mass is 458 g/mol. The molecule has 0 saturated carbocycles. The Hall–Kier alpha value is -3.15. The molecule has 3 aromatic carbocycles. The van der Waals surface area contributed by atoms with Crippen molar-refractivity contribution < 1.29 is 14.3 Å². The van der Waals surface area contributed by atoms with Crippen molar-refractivity contribution in [2.75, 3.05) is 26.4 Å². The lowest BCUT2D eigenvalue weighted by molar-refractivity contribution is 0.0827. The molecule has 4 rings (SSSR count). The summed E-state index contributed by atoms with van der Waals surface area (Å²) in [6.45, 7) is 2.55. The van der Waals surface area contributed by atoms with Crippen LogP contribution >= 0.6 is 0 Å². The second kappa shape index (κ2) is 12.9. The van der Waals surface area contributed by atoms with Gasteiger partial charge in [0.1, 0.15) is 12.4 Å². The van der Waals surface area contributed by atoms with Gasteiger partial charge in [-0.25, -0.2) is 0 Å². The second-order valence-electron chi connectivity index (χ2n) is 8.79. The van der Waals surface area contributed by atoms with E-state index in [1.807, 2.05) is 48.5 Å². The molecule has 1 aliphatic heterocycles. The summed E-state index contributed by atoms with van der Waals surface area (Å²) in [5.41, 5.74) is 2.99. The second-order valence-corrected chi connectivity index (χ2v) is 8.79. The molecule has 3 aromatic rings. The summed E-state index contributed by atoms with van der Waals surface area (Å²) in [5, 5.41) is 6.82. The first-order valence-electron chi connectivity index (χ1n) is 12.2. The number of benzene rings is 3. The van der Waals surface area contributed by atoms with Gasteiger partial charge in [-0.15, -0.1) is 0 Å². The van der Waals surface area contributed by atoms with Gasteiger partial charge < -0.3 is 20.1 Å². The minimum Gasteiger partial charge on any atom is -0.491 e. The van der Waals surface area contributed by atoms with Gasteiger partial charge in [0, 0.05) is 12.6 Å². The zero-order valence-electron chi connectivity index (χ0n) is 19.6. The molecule has 5 heteroatoms. The van der Waals surface area contributed by atoms with Crippen LogP contribution in [0.3, 0.4) is 0 Å². The van der Waals surface area contributed by atoms with Gasteiger partial charge >= 0.3 is 0 Å². The Labute approximate surface area is 202 Å². The molecule has 2 N–H and O–H groups in total. The van der Waals surface area contributed by atoms with E-state index >= 15 is 0 Å². The number of fused-ring (bicyclic) bond motifs is 1. The Morgan fingerprint density at radius 2 is 1.38 bits per heavy atom. The van der Waals surface area contributed by atoms with Gasteiger partial charge in [0.25, 0.3) is 5.91 Å². The van der Waals surface area contributed by atoms with Crippen molar-refractivity contribution in [1.82, 2.24) is 10.6 Å². The lowest BCUT2D eigenvalue weighted by atomic mass is 10.1. The van der Waals surface area contributed by atoms with Gasteiger partial charge in [0.2, 0.25) is 0 Å². The molecule has 178 valence electrons. The third-order valence-electron chi connectivity index (χ3n) is 6.02. The highest BCUT2D eigenvalue weighted by Gasteiger charge is 2.19. The molecular weight excluding hydrogens is 424 g/mol. The third kappa shape index (κ3) is 7.44. The topological polar surface area (TPSA) is 59.6 Å². The Bertz CT molecular complexity index is 1010. The number of hydrogen-bond acceptors (Lipinski definition) is 4. The van der Waals surface area contributed by atoms with Crippen molar-refractivity contribution in [3.63, 3.8) is 0 Å². The summed E-state index contributed by atoms with van der Waals surface area (Å²) in [7, 11) is 0. The van der Waals surface area contributed by atoms with Crippen molar-refractivity contribution in [2.45, 2.75) is 37.8 Å². The minimum absolute atomic E-state index is 0.114. The summed E-state index contributed by atoms with van der Waals surface area (Å²) < 4.78 is 12.2. The quantitative estimate of drug-likeness (QED) is 0.608. The van der Waals surface area contributed by atoms with E-state index in [4.69, 9.17) is 9.47 Å². The van der Waals surface area contributed by atoms with E-state index in [1.54, 1.807) is 0 Å². The largest absolute Gasteiger partial charge is 0.491 e. The Morgan fingerprint density at radius 1 is 0.735 bits per heavy atom. The standard InChI is InChI=1S/C29H34N2O3/c32-29-27-15-7-8-16-28(27)34-22-25(19-23-11-3-1-4-12-23)30-17-9-10-18-33-21-26(31-29)20-24-13-5-2-6-14-24/h1-8,11-16,25-26,30H,9-10,17-22H2,(H,31,32)/t25-,26-/m0/s1. The molecule has 34 heavy (non-hydrogen) atoms. The summed E-state index contributed by atoms with van der Waals surface area (Å²) >= 11 is 0. The number of carbonyl (C=O) groups excluding carboxylic acids is 1. The number of ether oxygens (including phenoxy) is 2. The normalized spacial score (nSPS) is 20.2. The number of hydrogen-bond donors (Lipinski definition) is 2. The number of para-hydroxylation sites is 1. The van der Waals surface area contributed by atoms with E-state index in [1.165, 1.54) is 11.1 Å². The first-order chi connectivity index (χ1) is 16.8. The maximum absolute atomic E-state index is 13.3. The molecule has 0 bridgehead atoms. The number of nitrogens with one attached hydrogen (secondary N) is 2. The highest BCUT2D eigenvalue weighted by atomic mass is 16.5. The Morgan fingerprint density at radius 3 is 2.12 bits per heavy atom. The van der Waals surface area contributed by atoms with Crippen LogP contribution in [0.2, 0.25) is 0 Å². The average Bonchev–Trinajstić information content (AvgIpc) is 2.87.